The number of carbonyl (C=O) groups excluding carboxylic acids is 2. The minimum absolute atomic E-state index is 0.160. The van der Waals surface area contributed by atoms with Gasteiger partial charge in [0.2, 0.25) is 0 Å². The summed E-state index contributed by atoms with van der Waals surface area (Å²) in [5.74, 6) is 0.131. The number of hydrogen-bond donors (Lipinski definition) is 0. The summed E-state index contributed by atoms with van der Waals surface area (Å²) < 4.78 is 15.0. The molecule has 0 radical (unpaired) electrons. The fourth-order valence-corrected chi connectivity index (χ4v) is 1.91. The third-order valence-electron chi connectivity index (χ3n) is 3.06. The molecule has 0 spiro atoms. The molecular weight excluding hydrogens is 286 g/mol. The van der Waals surface area contributed by atoms with Gasteiger partial charge in [0, 0.05) is 25.8 Å². The Morgan fingerprint density at radius 2 is 1.95 bits per heavy atom. The van der Waals surface area contributed by atoms with E-state index in [-0.39, 0.29) is 24.8 Å². The highest BCUT2D eigenvalue weighted by Crippen LogP contribution is 2.14. The lowest BCUT2D eigenvalue weighted by Crippen LogP contribution is -2.35. The van der Waals surface area contributed by atoms with Gasteiger partial charge in [0.15, 0.2) is 0 Å². The van der Waals surface area contributed by atoms with E-state index in [9.17, 15) is 9.59 Å². The van der Waals surface area contributed by atoms with Gasteiger partial charge < -0.3 is 19.1 Å². The average molecular weight is 309 g/mol. The first-order valence-electron chi connectivity index (χ1n) is 7.20. The molecule has 0 unspecified atom stereocenters. The normalized spacial score (nSPS) is 10.1. The molecule has 6 nitrogen and oxygen atoms in total. The van der Waals surface area contributed by atoms with Crippen LogP contribution in [0.3, 0.4) is 0 Å². The zero-order valence-electron chi connectivity index (χ0n) is 13.3. The third-order valence-corrected chi connectivity index (χ3v) is 3.06. The van der Waals surface area contributed by atoms with Crippen molar-refractivity contribution in [1.29, 1.82) is 0 Å². The number of hydrogen-bond acceptors (Lipinski definition) is 5. The van der Waals surface area contributed by atoms with E-state index >= 15 is 0 Å². The summed E-state index contributed by atoms with van der Waals surface area (Å²) in [7, 11) is 3.12. The van der Waals surface area contributed by atoms with Crippen LogP contribution in [0.25, 0.3) is 0 Å². The maximum atomic E-state index is 12.6. The number of esters is 1. The number of carbonyl (C=O) groups is 2. The second-order valence-corrected chi connectivity index (χ2v) is 4.57. The molecule has 1 amide bonds. The van der Waals surface area contributed by atoms with Crippen LogP contribution >= 0.6 is 0 Å². The number of amides is 1. The minimum atomic E-state index is -0.316. The lowest BCUT2D eigenvalue weighted by molar-refractivity contribution is -0.143. The standard InChI is InChI=1S/C16H23NO5/c1-4-22-15(18)8-9-17(10-11-20-2)16(19)13-6-5-7-14(12-13)21-3/h5-7,12H,4,8-11H2,1-3H3. The van der Waals surface area contributed by atoms with Gasteiger partial charge in [-0.05, 0) is 25.1 Å². The van der Waals surface area contributed by atoms with Crippen molar-refractivity contribution in [3.8, 4) is 5.75 Å². The summed E-state index contributed by atoms with van der Waals surface area (Å²) in [6.45, 7) is 3.19. The maximum Gasteiger partial charge on any atom is 0.307 e. The van der Waals surface area contributed by atoms with Crippen LogP contribution < -0.4 is 4.74 Å². The molecule has 0 atom stereocenters. The summed E-state index contributed by atoms with van der Waals surface area (Å²) in [5.41, 5.74) is 0.513. The number of benzene rings is 1. The predicted octanol–water partition coefficient (Wildman–Crippen LogP) is 1.74. The van der Waals surface area contributed by atoms with Gasteiger partial charge in [0.05, 0.1) is 26.7 Å². The molecule has 0 aromatic heterocycles. The maximum absolute atomic E-state index is 12.6. The number of nitrogens with zero attached hydrogens (tertiary/aromatic N) is 1. The van der Waals surface area contributed by atoms with E-state index in [1.165, 1.54) is 0 Å². The Hall–Kier alpha value is -2.08. The van der Waals surface area contributed by atoms with E-state index < -0.39 is 0 Å². The zero-order valence-corrected chi connectivity index (χ0v) is 13.3. The third kappa shape index (κ3) is 5.73. The molecule has 0 heterocycles. The highest BCUT2D eigenvalue weighted by atomic mass is 16.5. The quantitative estimate of drug-likeness (QED) is 0.650. The Kier molecular flexibility index (Phi) is 7.99. The molecule has 1 aromatic rings. The van der Waals surface area contributed by atoms with Gasteiger partial charge in [-0.2, -0.15) is 0 Å². The number of methoxy groups -OCH3 is 2. The van der Waals surface area contributed by atoms with Crippen LogP contribution in [0.15, 0.2) is 24.3 Å². The summed E-state index contributed by atoms with van der Waals surface area (Å²) in [6, 6.07) is 6.92. The summed E-state index contributed by atoms with van der Waals surface area (Å²) in [4.78, 5) is 25.6. The van der Waals surface area contributed by atoms with Gasteiger partial charge in [-0.15, -0.1) is 0 Å². The van der Waals surface area contributed by atoms with Crippen LogP contribution in [0.4, 0.5) is 0 Å². The van der Waals surface area contributed by atoms with Gasteiger partial charge in [-0.1, -0.05) is 6.07 Å². The Bertz CT molecular complexity index is 489. The van der Waals surface area contributed by atoms with Gasteiger partial charge in [-0.25, -0.2) is 0 Å². The van der Waals surface area contributed by atoms with Crippen LogP contribution in [0.2, 0.25) is 0 Å². The molecule has 0 aliphatic heterocycles. The van der Waals surface area contributed by atoms with Gasteiger partial charge in [0.1, 0.15) is 5.75 Å². The molecule has 0 bridgehead atoms. The Morgan fingerprint density at radius 1 is 1.18 bits per heavy atom. The summed E-state index contributed by atoms with van der Waals surface area (Å²) >= 11 is 0. The topological polar surface area (TPSA) is 65.1 Å². The predicted molar refractivity (Wildman–Crippen MR) is 82.0 cm³/mol. The first kappa shape index (κ1) is 18.0. The molecule has 0 fully saturated rings. The SMILES string of the molecule is CCOC(=O)CCN(CCOC)C(=O)c1cccc(OC)c1. The lowest BCUT2D eigenvalue weighted by Gasteiger charge is -2.22. The van der Waals surface area contributed by atoms with Crippen LogP contribution in [-0.2, 0) is 14.3 Å². The van der Waals surface area contributed by atoms with Crippen LogP contribution in [0.1, 0.15) is 23.7 Å². The molecule has 0 aliphatic rings. The molecule has 0 saturated carbocycles. The fraction of sp³-hybridized carbons (Fsp3) is 0.500. The second-order valence-electron chi connectivity index (χ2n) is 4.57. The molecule has 122 valence electrons. The molecule has 0 aliphatic carbocycles. The molecule has 0 saturated heterocycles. The van der Waals surface area contributed by atoms with Crippen molar-refractivity contribution in [2.24, 2.45) is 0 Å². The molecular formula is C16H23NO5. The minimum Gasteiger partial charge on any atom is -0.497 e. The fourth-order valence-electron chi connectivity index (χ4n) is 1.91. The van der Waals surface area contributed by atoms with E-state index in [1.807, 2.05) is 0 Å². The Balaban J connectivity index is 2.76. The van der Waals surface area contributed by atoms with E-state index in [0.29, 0.717) is 31.1 Å². The van der Waals surface area contributed by atoms with Crippen LogP contribution in [-0.4, -0.2) is 57.3 Å². The van der Waals surface area contributed by atoms with Crippen molar-refractivity contribution in [1.82, 2.24) is 4.90 Å². The smallest absolute Gasteiger partial charge is 0.307 e. The lowest BCUT2D eigenvalue weighted by atomic mass is 10.2. The van der Waals surface area contributed by atoms with Crippen molar-refractivity contribution in [3.63, 3.8) is 0 Å². The largest absolute Gasteiger partial charge is 0.497 e. The first-order valence-corrected chi connectivity index (χ1v) is 7.20. The number of ether oxygens (including phenoxy) is 3. The molecule has 1 aromatic carbocycles. The zero-order chi connectivity index (χ0) is 16.4. The van der Waals surface area contributed by atoms with E-state index in [0.717, 1.165) is 0 Å². The van der Waals surface area contributed by atoms with Crippen molar-refractivity contribution >= 4 is 11.9 Å². The summed E-state index contributed by atoms with van der Waals surface area (Å²) in [6.07, 6.45) is 0.160. The summed E-state index contributed by atoms with van der Waals surface area (Å²) in [5, 5.41) is 0. The average Bonchev–Trinajstić information content (AvgIpc) is 2.54. The van der Waals surface area contributed by atoms with Crippen molar-refractivity contribution < 1.29 is 23.8 Å². The Labute approximate surface area is 131 Å². The molecule has 1 rings (SSSR count). The molecule has 0 N–H and O–H groups in total. The van der Waals surface area contributed by atoms with Crippen LogP contribution in [0, 0.1) is 0 Å². The van der Waals surface area contributed by atoms with Crippen molar-refractivity contribution in [3.05, 3.63) is 29.8 Å². The highest BCUT2D eigenvalue weighted by molar-refractivity contribution is 5.94. The van der Waals surface area contributed by atoms with Crippen LogP contribution in [0.5, 0.6) is 5.75 Å². The molecule has 22 heavy (non-hydrogen) atoms. The first-order chi connectivity index (χ1) is 10.6. The van der Waals surface area contributed by atoms with E-state index in [1.54, 1.807) is 50.3 Å². The number of rotatable bonds is 9. The highest BCUT2D eigenvalue weighted by Gasteiger charge is 2.17. The van der Waals surface area contributed by atoms with Gasteiger partial charge >= 0.3 is 5.97 Å². The monoisotopic (exact) mass is 309 g/mol. The van der Waals surface area contributed by atoms with E-state index in [4.69, 9.17) is 14.2 Å². The van der Waals surface area contributed by atoms with Crippen molar-refractivity contribution in [2.45, 2.75) is 13.3 Å². The van der Waals surface area contributed by atoms with Gasteiger partial charge in [0.25, 0.3) is 5.91 Å². The Morgan fingerprint density at radius 3 is 2.59 bits per heavy atom. The van der Waals surface area contributed by atoms with E-state index in [2.05, 4.69) is 0 Å². The second kappa shape index (κ2) is 9.78. The van der Waals surface area contributed by atoms with Gasteiger partial charge in [-0.3, -0.25) is 9.59 Å². The molecule has 6 heteroatoms. The van der Waals surface area contributed by atoms with Crippen molar-refractivity contribution in [2.75, 3.05) is 40.5 Å².